The van der Waals surface area contributed by atoms with Crippen LogP contribution in [0.25, 0.3) is 44.6 Å². The van der Waals surface area contributed by atoms with Crippen molar-refractivity contribution < 1.29 is 19.8 Å². The van der Waals surface area contributed by atoms with E-state index in [1.165, 1.54) is 26.6 Å². The zero-order valence-electron chi connectivity index (χ0n) is 39.4. The van der Waals surface area contributed by atoms with Crippen molar-refractivity contribution in [3.63, 3.8) is 0 Å². The van der Waals surface area contributed by atoms with Gasteiger partial charge in [-0.2, -0.15) is 5.10 Å². The maximum absolute atomic E-state index is 4.47. The molecule has 4 heterocycles. The van der Waals surface area contributed by atoms with Crippen LogP contribution in [0.2, 0.25) is 0 Å². The van der Waals surface area contributed by atoms with E-state index in [-0.39, 0.29) is 30.6 Å². The zero-order valence-corrected chi connectivity index (χ0v) is 43.9. The molecule has 0 aliphatic rings. The summed E-state index contributed by atoms with van der Waals surface area (Å²) in [6.45, 7) is 17.3. The summed E-state index contributed by atoms with van der Waals surface area (Å²) < 4.78 is 0. The maximum atomic E-state index is 4.47. The van der Waals surface area contributed by atoms with Crippen LogP contribution in [0, 0.1) is 0 Å². The molecule has 8 nitrogen and oxygen atoms in total. The normalized spacial score (nSPS) is 11.1. The Labute approximate surface area is 411 Å². The molecular weight excluding hydrogens is 1040 g/mol. The van der Waals surface area contributed by atoms with Crippen molar-refractivity contribution in [1.82, 2.24) is 40.6 Å². The van der Waals surface area contributed by atoms with Gasteiger partial charge in [0.15, 0.2) is 0 Å². The van der Waals surface area contributed by atoms with Gasteiger partial charge in [0.2, 0.25) is 0 Å². The van der Waals surface area contributed by atoms with Crippen molar-refractivity contribution in [2.24, 2.45) is 0 Å². The Morgan fingerprint density at radius 3 is 1.42 bits per heavy atom. The second-order valence-corrected chi connectivity index (χ2v) is 22.8. The van der Waals surface area contributed by atoms with Crippen molar-refractivity contribution in [3.8, 4) is 22.9 Å². The molecule has 4 aromatic heterocycles. The van der Waals surface area contributed by atoms with Gasteiger partial charge in [-0.15, -0.1) is 5.10 Å². The van der Waals surface area contributed by atoms with E-state index in [4.69, 9.17) is 0 Å². The Kier molecular flexibility index (Phi) is 17.7. The van der Waals surface area contributed by atoms with E-state index in [0.717, 1.165) is 39.2 Å². The molecule has 0 saturated heterocycles. The summed E-state index contributed by atoms with van der Waals surface area (Å²) in [5.74, 6) is 1.25. The fraction of sp³-hybridized carbons (Fsp3) is 0.179. The van der Waals surface area contributed by atoms with Crippen LogP contribution >= 0.6 is 15.8 Å². The average Bonchev–Trinajstić information content (AvgIpc) is 4.08. The molecule has 11 heteroatoms. The van der Waals surface area contributed by atoms with Gasteiger partial charge >= 0.3 is 19.8 Å². The molecule has 0 bridgehead atoms. The third-order valence-corrected chi connectivity index (χ3v) is 15.7. The van der Waals surface area contributed by atoms with E-state index in [2.05, 4.69) is 229 Å². The number of aromatic nitrogens is 8. The largest absolute Gasteiger partial charge is 2.00 e. The molecule has 0 fully saturated rings. The fourth-order valence-electron chi connectivity index (χ4n) is 6.95. The number of hydrogen-bond donors (Lipinski definition) is 0. The molecular formula is C56H58N8OsP2+2. The van der Waals surface area contributed by atoms with Crippen LogP contribution in [0.15, 0.2) is 194 Å². The molecule has 0 unspecified atom stereocenters. The quantitative estimate of drug-likeness (QED) is 0.152. The summed E-state index contributed by atoms with van der Waals surface area (Å²) in [5, 5.41) is 34.3. The van der Waals surface area contributed by atoms with Crippen molar-refractivity contribution in [2.45, 2.75) is 52.4 Å². The van der Waals surface area contributed by atoms with Gasteiger partial charge in [-0.05, 0) is 77.9 Å². The van der Waals surface area contributed by atoms with Crippen LogP contribution in [-0.4, -0.2) is 43.7 Å². The van der Waals surface area contributed by atoms with Crippen LogP contribution in [0.1, 0.15) is 53.1 Å². The summed E-state index contributed by atoms with van der Waals surface area (Å²) in [7, 11) is -1.09. The zero-order chi connectivity index (χ0) is 46.5. The molecule has 0 N–H and O–H groups in total. The summed E-state index contributed by atoms with van der Waals surface area (Å²) in [6, 6.07) is 65.0. The second-order valence-electron chi connectivity index (χ2n) is 18.0. The van der Waals surface area contributed by atoms with Crippen LogP contribution in [-0.2, 0) is 30.6 Å². The van der Waals surface area contributed by atoms with E-state index in [1.54, 1.807) is 0 Å². The van der Waals surface area contributed by atoms with Gasteiger partial charge in [-0.1, -0.05) is 169 Å². The molecule has 10 aromatic rings. The first-order valence-electron chi connectivity index (χ1n) is 22.2. The summed E-state index contributed by atoms with van der Waals surface area (Å²) >= 11 is 0. The van der Waals surface area contributed by atoms with E-state index < -0.39 is 15.8 Å². The Bertz CT molecular complexity index is 2870. The van der Waals surface area contributed by atoms with E-state index in [9.17, 15) is 0 Å². The predicted octanol–water partition coefficient (Wildman–Crippen LogP) is 10.9. The predicted molar refractivity (Wildman–Crippen MR) is 282 cm³/mol. The van der Waals surface area contributed by atoms with E-state index in [0.29, 0.717) is 11.5 Å². The second kappa shape index (κ2) is 23.6. The fourth-order valence-corrected chi connectivity index (χ4v) is 10.4. The molecule has 0 aliphatic carbocycles. The Morgan fingerprint density at radius 1 is 0.463 bits per heavy atom. The topological polar surface area (TPSA) is 106 Å². The standard InChI is InChI=1S/C16H16N3.C14H14N5.2C13H13P.Os/c1-16(2,3)14-10-13(18-19-14)15-12-7-5-4-6-11(12)8-9-17-15;1-14(2,3)13-15-12(18-19-13)11-8-9-6-4-5-7-10(9)16-17-11;2*1-14(12-8-4-2-5-9-12)13-10-6-3-7-11-13;/h4-10H,1-3H3;4-8H,1-3H3;2*2-11H,1H3;/q2*-1;;;+2/p+2. The first-order valence-corrected chi connectivity index (χ1v) is 26.2. The number of benzene rings is 6. The van der Waals surface area contributed by atoms with Crippen molar-refractivity contribution in [3.05, 3.63) is 206 Å². The Hall–Kier alpha value is -6.08. The van der Waals surface area contributed by atoms with Gasteiger partial charge in [0, 0.05) is 39.3 Å². The number of nitrogens with zero attached hydrogens (tertiary/aromatic N) is 8. The van der Waals surface area contributed by atoms with Gasteiger partial charge in [0.25, 0.3) is 0 Å². The molecule has 0 spiro atoms. The molecule has 0 saturated carbocycles. The molecule has 0 radical (unpaired) electrons. The summed E-state index contributed by atoms with van der Waals surface area (Å²) in [4.78, 5) is 8.90. The average molecular weight is 1100 g/mol. The summed E-state index contributed by atoms with van der Waals surface area (Å²) in [5.41, 5.74) is 4.16. The Balaban J connectivity index is 0.000000148. The molecule has 0 aliphatic heterocycles. The van der Waals surface area contributed by atoms with E-state index >= 15 is 0 Å². The van der Waals surface area contributed by atoms with Gasteiger partial charge < -0.3 is 20.3 Å². The SMILES string of the molecule is CC(C)(C)c1cc(-c2nccc3ccccc23)[n-]n1.CC(C)(C)c1n[n-]c(-c2cc3ccccc3nn2)n1.C[PH+](c1ccccc1)c1ccccc1.C[PH+](c1ccccc1)c1ccccc1.[Os+2]. The van der Waals surface area contributed by atoms with Gasteiger partial charge in [0.1, 0.15) is 0 Å². The number of pyridine rings is 1. The number of hydrogen-bond acceptors (Lipinski definition) is 6. The van der Waals surface area contributed by atoms with Crippen LogP contribution in [0.3, 0.4) is 0 Å². The smallest absolute Gasteiger partial charge is 0.573 e. The van der Waals surface area contributed by atoms with Gasteiger partial charge in [-0.25, -0.2) is 0 Å². The number of fused-ring (bicyclic) bond motifs is 2. The van der Waals surface area contributed by atoms with Crippen molar-refractivity contribution >= 4 is 58.7 Å². The first-order chi connectivity index (χ1) is 31.8. The molecule has 0 amide bonds. The van der Waals surface area contributed by atoms with Crippen LogP contribution in [0.5, 0.6) is 0 Å². The number of rotatable bonds is 6. The molecule has 67 heavy (non-hydrogen) atoms. The van der Waals surface area contributed by atoms with Crippen LogP contribution in [0.4, 0.5) is 0 Å². The molecule has 6 aromatic carbocycles. The van der Waals surface area contributed by atoms with Gasteiger partial charge in [-0.3, -0.25) is 10.1 Å². The third kappa shape index (κ3) is 13.7. The third-order valence-electron chi connectivity index (χ3n) is 10.9. The van der Waals surface area contributed by atoms with Crippen LogP contribution < -0.4 is 31.4 Å². The minimum absolute atomic E-state index is 0. The molecule has 338 valence electrons. The monoisotopic (exact) mass is 1100 g/mol. The molecule has 0 atom stereocenters. The minimum atomic E-state index is -0.545. The van der Waals surface area contributed by atoms with E-state index in [1.807, 2.05) is 60.8 Å². The maximum Gasteiger partial charge on any atom is 2.00 e. The molecule has 10 rings (SSSR count). The minimum Gasteiger partial charge on any atom is -0.573 e. The van der Waals surface area contributed by atoms with Crippen molar-refractivity contribution in [1.29, 1.82) is 0 Å². The first kappa shape index (κ1) is 50.3. The summed E-state index contributed by atoms with van der Waals surface area (Å²) in [6.07, 6.45) is 1.82. The van der Waals surface area contributed by atoms with Gasteiger partial charge in [0.05, 0.1) is 67.3 Å². The Morgan fingerprint density at radius 2 is 0.940 bits per heavy atom. The van der Waals surface area contributed by atoms with Crippen molar-refractivity contribution in [2.75, 3.05) is 13.3 Å².